The number of pyridine rings is 1. The van der Waals surface area contributed by atoms with Crippen LogP contribution in [0.25, 0.3) is 10.9 Å². The molecule has 2 atom stereocenters. The predicted molar refractivity (Wildman–Crippen MR) is 137 cm³/mol. The van der Waals surface area contributed by atoms with Crippen LogP contribution in [0, 0.1) is 5.41 Å². The van der Waals surface area contributed by atoms with Crippen LogP contribution in [0.5, 0.6) is 17.4 Å². The molecule has 0 amide bonds. The Balaban J connectivity index is 1.39. The first-order valence-corrected chi connectivity index (χ1v) is 11.9. The second-order valence-electron chi connectivity index (χ2n) is 10.7. The van der Waals surface area contributed by atoms with Crippen LogP contribution >= 0.6 is 0 Å². The molecular formula is C30H28N2O3. The van der Waals surface area contributed by atoms with Crippen LogP contribution in [0.2, 0.25) is 0 Å². The first-order valence-electron chi connectivity index (χ1n) is 11.9. The lowest BCUT2D eigenvalue weighted by molar-refractivity contribution is -0.0165. The predicted octanol–water partition coefficient (Wildman–Crippen LogP) is 6.77. The van der Waals surface area contributed by atoms with E-state index in [2.05, 4.69) is 56.9 Å². The van der Waals surface area contributed by atoms with Crippen molar-refractivity contribution in [2.75, 3.05) is 0 Å². The molecule has 0 spiro atoms. The smallest absolute Gasteiger partial charge is 0.219 e. The van der Waals surface area contributed by atoms with E-state index in [-0.39, 0.29) is 11.2 Å². The van der Waals surface area contributed by atoms with Crippen LogP contribution in [0.4, 0.5) is 0 Å². The van der Waals surface area contributed by atoms with Crippen molar-refractivity contribution in [2.45, 2.75) is 45.3 Å². The Kier molecular flexibility index (Phi) is 4.53. The maximum absolute atomic E-state index is 10.2. The Labute approximate surface area is 205 Å². The topological polar surface area (TPSA) is 63.9 Å². The lowest BCUT2D eigenvalue weighted by atomic mass is 9.64. The van der Waals surface area contributed by atoms with Gasteiger partial charge in [0.05, 0.1) is 0 Å². The average molecular weight is 465 g/mol. The maximum atomic E-state index is 10.2. The molecule has 0 saturated carbocycles. The molecule has 0 fully saturated rings. The van der Waals surface area contributed by atoms with Gasteiger partial charge in [0, 0.05) is 23.4 Å². The largest absolute Gasteiger partial charge is 0.506 e. The van der Waals surface area contributed by atoms with Gasteiger partial charge < -0.3 is 14.6 Å². The SMILES string of the molecule is CC(C)(C)[C@@]12N=C(c3cccc(Oc4ccc5cccc(O)c5n4)c3)O[C@]1(C)Cc1ccccc12. The molecule has 0 bridgehead atoms. The minimum atomic E-state index is -0.486. The fourth-order valence-corrected chi connectivity index (χ4v) is 5.95. The first kappa shape index (κ1) is 21.7. The number of hydrogen-bond acceptors (Lipinski definition) is 5. The molecule has 6 rings (SSSR count). The minimum absolute atomic E-state index is 0.128. The average Bonchev–Trinajstić information content (AvgIpc) is 3.27. The third kappa shape index (κ3) is 3.14. The van der Waals surface area contributed by atoms with E-state index in [1.165, 1.54) is 11.1 Å². The van der Waals surface area contributed by atoms with Crippen molar-refractivity contribution < 1.29 is 14.6 Å². The molecular weight excluding hydrogens is 436 g/mol. The molecule has 0 saturated heterocycles. The number of para-hydroxylation sites is 1. The number of phenols is 1. The number of rotatable bonds is 3. The van der Waals surface area contributed by atoms with E-state index in [1.54, 1.807) is 18.2 Å². The lowest BCUT2D eigenvalue weighted by Crippen LogP contribution is -2.51. The third-order valence-electron chi connectivity index (χ3n) is 7.35. The number of ether oxygens (including phenoxy) is 2. The molecule has 1 N–H and O–H groups in total. The number of aromatic hydroxyl groups is 1. The molecule has 2 heterocycles. The van der Waals surface area contributed by atoms with E-state index in [4.69, 9.17) is 14.5 Å². The summed E-state index contributed by atoms with van der Waals surface area (Å²) in [6, 6.07) is 25.3. The van der Waals surface area contributed by atoms with Crippen molar-refractivity contribution in [3.63, 3.8) is 0 Å². The van der Waals surface area contributed by atoms with Crippen molar-refractivity contribution >= 4 is 16.8 Å². The van der Waals surface area contributed by atoms with Crippen molar-refractivity contribution in [1.82, 2.24) is 4.98 Å². The molecule has 5 heteroatoms. The number of nitrogens with zero attached hydrogens (tertiary/aromatic N) is 2. The van der Waals surface area contributed by atoms with Crippen LogP contribution in [0.15, 0.2) is 83.9 Å². The standard InChI is InChI=1S/C30H28N2O3/c1-28(2,3)30-23-13-6-5-9-21(23)18-29(30,4)35-27(32-30)20-11-7-12-22(17-20)34-25-16-15-19-10-8-14-24(33)26(19)31-25/h5-17,33H,18H2,1-4H3/t29-,30-/m1/s1. The van der Waals surface area contributed by atoms with Gasteiger partial charge in [-0.15, -0.1) is 0 Å². The zero-order valence-electron chi connectivity index (χ0n) is 20.4. The Morgan fingerprint density at radius 1 is 0.943 bits per heavy atom. The summed E-state index contributed by atoms with van der Waals surface area (Å²) < 4.78 is 12.8. The summed E-state index contributed by atoms with van der Waals surface area (Å²) in [5, 5.41) is 11.0. The van der Waals surface area contributed by atoms with Gasteiger partial charge in [-0.05, 0) is 53.8 Å². The van der Waals surface area contributed by atoms with Crippen LogP contribution < -0.4 is 4.74 Å². The molecule has 5 nitrogen and oxygen atoms in total. The van der Waals surface area contributed by atoms with Crippen LogP contribution in [-0.4, -0.2) is 21.6 Å². The van der Waals surface area contributed by atoms with E-state index in [1.807, 2.05) is 36.4 Å². The summed E-state index contributed by atoms with van der Waals surface area (Å²) in [6.07, 6.45) is 0.814. The third-order valence-corrected chi connectivity index (χ3v) is 7.35. The van der Waals surface area contributed by atoms with E-state index in [0.717, 1.165) is 17.4 Å². The Morgan fingerprint density at radius 3 is 2.57 bits per heavy atom. The van der Waals surface area contributed by atoms with Gasteiger partial charge in [0.2, 0.25) is 11.8 Å². The molecule has 1 aliphatic carbocycles. The van der Waals surface area contributed by atoms with Gasteiger partial charge in [0.15, 0.2) is 0 Å². The number of aromatic nitrogens is 1. The summed E-state index contributed by atoms with van der Waals surface area (Å²) in [5.41, 5.74) is 2.81. The highest BCUT2D eigenvalue weighted by Gasteiger charge is 2.66. The summed E-state index contributed by atoms with van der Waals surface area (Å²) >= 11 is 0. The van der Waals surface area contributed by atoms with Crippen molar-refractivity contribution in [3.8, 4) is 17.4 Å². The molecule has 1 aliphatic heterocycles. The van der Waals surface area contributed by atoms with Crippen molar-refractivity contribution in [2.24, 2.45) is 10.4 Å². The monoisotopic (exact) mass is 464 g/mol. The van der Waals surface area contributed by atoms with Crippen LogP contribution in [0.3, 0.4) is 0 Å². The number of aliphatic imine (C=N–C) groups is 1. The van der Waals surface area contributed by atoms with Gasteiger partial charge in [0.25, 0.3) is 0 Å². The molecule has 2 aliphatic rings. The Morgan fingerprint density at radius 2 is 1.74 bits per heavy atom. The van der Waals surface area contributed by atoms with Crippen molar-refractivity contribution in [3.05, 3.63) is 95.6 Å². The summed E-state index contributed by atoms with van der Waals surface area (Å²) in [4.78, 5) is 9.82. The van der Waals surface area contributed by atoms with E-state index in [0.29, 0.717) is 23.0 Å². The molecule has 4 aromatic rings. The fourth-order valence-electron chi connectivity index (χ4n) is 5.95. The van der Waals surface area contributed by atoms with Crippen LogP contribution in [-0.2, 0) is 16.7 Å². The fraction of sp³-hybridized carbons (Fsp3) is 0.267. The molecule has 3 aromatic carbocycles. The van der Waals surface area contributed by atoms with Crippen LogP contribution in [0.1, 0.15) is 44.4 Å². The van der Waals surface area contributed by atoms with Gasteiger partial charge in [-0.3, -0.25) is 0 Å². The highest BCUT2D eigenvalue weighted by Crippen LogP contribution is 2.61. The normalized spacial score (nSPS) is 22.9. The Bertz CT molecular complexity index is 1500. The highest BCUT2D eigenvalue weighted by atomic mass is 16.5. The molecule has 1 aromatic heterocycles. The number of phenolic OH excluding ortho intramolecular Hbond substituents is 1. The zero-order valence-corrected chi connectivity index (χ0v) is 20.4. The van der Waals surface area contributed by atoms with Gasteiger partial charge >= 0.3 is 0 Å². The number of benzene rings is 3. The maximum Gasteiger partial charge on any atom is 0.219 e. The molecule has 0 unspecified atom stereocenters. The first-order chi connectivity index (χ1) is 16.7. The summed E-state index contributed by atoms with van der Waals surface area (Å²) in [5.74, 6) is 1.80. The summed E-state index contributed by atoms with van der Waals surface area (Å²) in [6.45, 7) is 8.90. The quantitative estimate of drug-likeness (QED) is 0.364. The van der Waals surface area contributed by atoms with E-state index in [9.17, 15) is 5.11 Å². The van der Waals surface area contributed by atoms with E-state index >= 15 is 0 Å². The Hall–Kier alpha value is -3.86. The van der Waals surface area contributed by atoms with Gasteiger partial charge in [-0.1, -0.05) is 63.2 Å². The second-order valence-corrected chi connectivity index (χ2v) is 10.7. The van der Waals surface area contributed by atoms with E-state index < -0.39 is 11.1 Å². The van der Waals surface area contributed by atoms with Gasteiger partial charge in [-0.25, -0.2) is 9.98 Å². The number of hydrogen-bond donors (Lipinski definition) is 1. The second kappa shape index (κ2) is 7.32. The molecule has 176 valence electrons. The minimum Gasteiger partial charge on any atom is -0.506 e. The summed E-state index contributed by atoms with van der Waals surface area (Å²) in [7, 11) is 0. The lowest BCUT2D eigenvalue weighted by Gasteiger charge is -2.44. The molecule has 35 heavy (non-hydrogen) atoms. The highest BCUT2D eigenvalue weighted by molar-refractivity contribution is 5.97. The van der Waals surface area contributed by atoms with Crippen molar-refractivity contribution in [1.29, 1.82) is 0 Å². The molecule has 0 radical (unpaired) electrons. The zero-order chi connectivity index (χ0) is 24.4. The van der Waals surface area contributed by atoms with Gasteiger partial charge in [-0.2, -0.15) is 0 Å². The van der Waals surface area contributed by atoms with Gasteiger partial charge in [0.1, 0.15) is 28.2 Å². The number of fused-ring (bicyclic) bond motifs is 4.